The Labute approximate surface area is 343 Å². The van der Waals surface area contributed by atoms with Gasteiger partial charge in [-0.3, -0.25) is 4.90 Å². The second kappa shape index (κ2) is 13.4. The number of hydrogen-bond acceptors (Lipinski definition) is 9. The van der Waals surface area contributed by atoms with Gasteiger partial charge in [0.15, 0.2) is 29.1 Å². The Bertz CT molecular complexity index is 2890. The van der Waals surface area contributed by atoms with Gasteiger partial charge in [-0.2, -0.15) is 9.97 Å². The Morgan fingerprint density at radius 3 is 1.09 bits per heavy atom. The van der Waals surface area contributed by atoms with Gasteiger partial charge in [0, 0.05) is 58.8 Å². The third kappa shape index (κ3) is 5.40. The first-order valence-electron chi connectivity index (χ1n) is 19.1. The van der Waals surface area contributed by atoms with Crippen LogP contribution in [0.15, 0.2) is 189 Å². The second-order valence-corrected chi connectivity index (χ2v) is 16.5. The van der Waals surface area contributed by atoms with Gasteiger partial charge in [0.25, 0.3) is 6.71 Å². The van der Waals surface area contributed by atoms with E-state index < -0.39 is 0 Å². The minimum absolute atomic E-state index is 0.0392. The van der Waals surface area contributed by atoms with Crippen molar-refractivity contribution in [1.82, 2.24) is 29.9 Å². The maximum absolute atomic E-state index is 5.21. The van der Waals surface area contributed by atoms with E-state index in [9.17, 15) is 0 Å². The van der Waals surface area contributed by atoms with Crippen molar-refractivity contribution in [3.63, 3.8) is 0 Å². The SMILES string of the molecule is c1ccc(-c2nc(-c3ccccc3)nc(-c3cc4c5c(c3)Sc3cccc6c3B5c3c(cccc3N6c3nc(-c5ccccc5)nc(-c5ccccc5)n3)S4)n2)cc1. The first-order chi connectivity index (χ1) is 28.7. The highest BCUT2D eigenvalue weighted by atomic mass is 32.2. The third-order valence-corrected chi connectivity index (χ3v) is 13.1. The zero-order valence-electron chi connectivity index (χ0n) is 30.7. The van der Waals surface area contributed by atoms with Crippen LogP contribution in [0.25, 0.3) is 56.9 Å². The lowest BCUT2D eigenvalue weighted by molar-refractivity contribution is 1.02. The molecule has 0 unspecified atom stereocenters. The molecule has 3 aliphatic heterocycles. The zero-order valence-corrected chi connectivity index (χ0v) is 32.3. The topological polar surface area (TPSA) is 80.6 Å². The van der Waals surface area contributed by atoms with Crippen molar-refractivity contribution in [3.8, 4) is 56.9 Å². The van der Waals surface area contributed by atoms with E-state index in [0.717, 1.165) is 39.2 Å². The third-order valence-electron chi connectivity index (χ3n) is 10.8. The van der Waals surface area contributed by atoms with Gasteiger partial charge in [-0.1, -0.05) is 157 Å². The van der Waals surface area contributed by atoms with E-state index >= 15 is 0 Å². The molecule has 0 amide bonds. The first kappa shape index (κ1) is 33.3. The standard InChI is InChI=1S/C48H28BN7S2/c1-5-15-29(16-6-1)43-50-44(30-17-7-2-8-18-30)52-47(51-43)33-27-38-42-39(28-33)58-37-26-14-24-35-41(37)49(42)40-34(23-13-25-36(40)57-38)56(35)48-54-45(31-19-9-3-10-20-31)53-46(55-48)32-21-11-4-12-22-32/h1-28H. The summed E-state index contributed by atoms with van der Waals surface area (Å²) >= 11 is 3.62. The maximum Gasteiger partial charge on any atom is 0.252 e. The maximum atomic E-state index is 5.21. The van der Waals surface area contributed by atoms with Crippen LogP contribution >= 0.6 is 23.5 Å². The van der Waals surface area contributed by atoms with Crippen LogP contribution in [0.4, 0.5) is 17.3 Å². The Hall–Kier alpha value is -6.88. The molecule has 3 aliphatic rings. The Morgan fingerprint density at radius 1 is 0.328 bits per heavy atom. The molecule has 12 rings (SSSR count). The summed E-state index contributed by atoms with van der Waals surface area (Å²) in [4.78, 5) is 37.7. The van der Waals surface area contributed by atoms with Crippen LogP contribution in [0, 0.1) is 0 Å². The van der Waals surface area contributed by atoms with Crippen molar-refractivity contribution in [3.05, 3.63) is 170 Å². The molecule has 7 nitrogen and oxygen atoms in total. The van der Waals surface area contributed by atoms with Crippen LogP contribution in [-0.2, 0) is 0 Å². The minimum Gasteiger partial charge on any atom is -0.280 e. The number of hydrogen-bond donors (Lipinski definition) is 0. The molecule has 0 bridgehead atoms. The smallest absolute Gasteiger partial charge is 0.252 e. The molecule has 58 heavy (non-hydrogen) atoms. The predicted molar refractivity (Wildman–Crippen MR) is 234 cm³/mol. The molecule has 0 radical (unpaired) electrons. The summed E-state index contributed by atoms with van der Waals surface area (Å²) in [6, 6.07) is 58.4. The van der Waals surface area contributed by atoms with Crippen LogP contribution in [0.5, 0.6) is 0 Å². The van der Waals surface area contributed by atoms with Crippen LogP contribution in [-0.4, -0.2) is 36.6 Å². The van der Waals surface area contributed by atoms with Gasteiger partial charge in [0.05, 0.1) is 0 Å². The highest BCUT2D eigenvalue weighted by Gasteiger charge is 2.46. The molecule has 0 saturated carbocycles. The summed E-state index contributed by atoms with van der Waals surface area (Å²) in [5.74, 6) is 3.81. The predicted octanol–water partition coefficient (Wildman–Crippen LogP) is 9.62. The molecule has 0 aliphatic carbocycles. The van der Waals surface area contributed by atoms with Crippen molar-refractivity contribution in [2.75, 3.05) is 4.90 Å². The van der Waals surface area contributed by atoms with Gasteiger partial charge in [0.1, 0.15) is 0 Å². The van der Waals surface area contributed by atoms with Crippen LogP contribution in [0.2, 0.25) is 0 Å². The van der Waals surface area contributed by atoms with E-state index in [2.05, 4.69) is 77.7 Å². The lowest BCUT2D eigenvalue weighted by Crippen LogP contribution is -2.62. The fraction of sp³-hybridized carbons (Fsp3) is 0. The number of aromatic nitrogens is 6. The van der Waals surface area contributed by atoms with Crippen molar-refractivity contribution >= 4 is 63.9 Å². The summed E-state index contributed by atoms with van der Waals surface area (Å²) in [6.45, 7) is 0.0392. The lowest BCUT2D eigenvalue weighted by atomic mass is 9.34. The summed E-state index contributed by atoms with van der Waals surface area (Å²) in [5.41, 5.74) is 10.8. The molecule has 0 atom stereocenters. The lowest BCUT2D eigenvalue weighted by Gasteiger charge is -2.42. The van der Waals surface area contributed by atoms with Gasteiger partial charge in [0.2, 0.25) is 5.95 Å². The van der Waals surface area contributed by atoms with Gasteiger partial charge < -0.3 is 0 Å². The molecule has 5 heterocycles. The molecule has 0 N–H and O–H groups in total. The normalized spacial score (nSPS) is 13.0. The van der Waals surface area contributed by atoms with E-state index in [1.807, 2.05) is 121 Å². The van der Waals surface area contributed by atoms with Crippen molar-refractivity contribution in [1.29, 1.82) is 0 Å². The average Bonchev–Trinajstić information content (AvgIpc) is 3.30. The molecular formula is C48H28BN7S2. The molecule has 10 heteroatoms. The monoisotopic (exact) mass is 777 g/mol. The first-order valence-corrected chi connectivity index (χ1v) is 20.7. The van der Waals surface area contributed by atoms with Crippen molar-refractivity contribution < 1.29 is 0 Å². The fourth-order valence-electron chi connectivity index (χ4n) is 8.25. The summed E-state index contributed by atoms with van der Waals surface area (Å²) in [7, 11) is 0. The van der Waals surface area contributed by atoms with Crippen LogP contribution in [0.3, 0.4) is 0 Å². The Morgan fingerprint density at radius 2 is 0.690 bits per heavy atom. The van der Waals surface area contributed by atoms with Gasteiger partial charge in [-0.15, -0.1) is 0 Å². The number of benzene rings is 7. The van der Waals surface area contributed by atoms with E-state index in [0.29, 0.717) is 35.1 Å². The summed E-state index contributed by atoms with van der Waals surface area (Å²) in [5, 5.41) is 0. The molecule has 2 aromatic heterocycles. The number of nitrogens with zero attached hydrogens (tertiary/aromatic N) is 7. The van der Waals surface area contributed by atoms with Crippen LogP contribution in [0.1, 0.15) is 0 Å². The quantitative estimate of drug-likeness (QED) is 0.153. The highest BCUT2D eigenvalue weighted by Crippen LogP contribution is 2.47. The van der Waals surface area contributed by atoms with E-state index in [1.165, 1.54) is 36.0 Å². The zero-order chi connectivity index (χ0) is 38.2. The van der Waals surface area contributed by atoms with Gasteiger partial charge >= 0.3 is 0 Å². The molecule has 270 valence electrons. The average molecular weight is 778 g/mol. The van der Waals surface area contributed by atoms with Crippen molar-refractivity contribution in [2.24, 2.45) is 0 Å². The fourth-order valence-corrected chi connectivity index (χ4v) is 10.8. The molecule has 9 aromatic rings. The van der Waals surface area contributed by atoms with Crippen molar-refractivity contribution in [2.45, 2.75) is 19.6 Å². The molecule has 0 spiro atoms. The molecule has 0 saturated heterocycles. The van der Waals surface area contributed by atoms with E-state index in [-0.39, 0.29) is 6.71 Å². The summed E-state index contributed by atoms with van der Waals surface area (Å²) in [6.07, 6.45) is 0. The Balaban J connectivity index is 1.04. The van der Waals surface area contributed by atoms with E-state index in [1.54, 1.807) is 0 Å². The summed E-state index contributed by atoms with van der Waals surface area (Å²) < 4.78 is 0. The highest BCUT2D eigenvalue weighted by molar-refractivity contribution is 8.01. The Kier molecular flexibility index (Phi) is 7.67. The number of anilines is 3. The van der Waals surface area contributed by atoms with Gasteiger partial charge in [-0.25, -0.2) is 19.9 Å². The number of rotatable bonds is 6. The largest absolute Gasteiger partial charge is 0.280 e. The van der Waals surface area contributed by atoms with Crippen LogP contribution < -0.4 is 21.3 Å². The second-order valence-electron chi connectivity index (χ2n) is 14.3. The molecule has 7 aromatic carbocycles. The molecular weight excluding hydrogens is 750 g/mol. The minimum atomic E-state index is 0.0392. The van der Waals surface area contributed by atoms with E-state index in [4.69, 9.17) is 29.9 Å². The molecule has 0 fully saturated rings. The van der Waals surface area contributed by atoms with Gasteiger partial charge in [-0.05, 0) is 52.8 Å².